The van der Waals surface area contributed by atoms with Crippen molar-refractivity contribution in [1.82, 2.24) is 15.6 Å². The van der Waals surface area contributed by atoms with Gasteiger partial charge in [-0.1, -0.05) is 0 Å². The highest BCUT2D eigenvalue weighted by Gasteiger charge is 2.20. The van der Waals surface area contributed by atoms with Crippen molar-refractivity contribution < 1.29 is 27.8 Å². The lowest BCUT2D eigenvalue weighted by molar-refractivity contribution is -0.115. The molecule has 1 aromatic carbocycles. The van der Waals surface area contributed by atoms with E-state index in [1.807, 2.05) is 0 Å². The van der Waals surface area contributed by atoms with Crippen molar-refractivity contribution >= 4 is 17.6 Å². The number of alkyl halides is 2. The molecule has 11 heteroatoms. The van der Waals surface area contributed by atoms with E-state index in [-0.39, 0.29) is 31.5 Å². The van der Waals surface area contributed by atoms with E-state index < -0.39 is 6.61 Å². The van der Waals surface area contributed by atoms with Crippen molar-refractivity contribution in [1.29, 1.82) is 0 Å². The van der Waals surface area contributed by atoms with Crippen LogP contribution in [0.25, 0.3) is 0 Å². The van der Waals surface area contributed by atoms with Crippen LogP contribution in [0.4, 0.5) is 14.5 Å². The Kier molecular flexibility index (Phi) is 6.61. The maximum atomic E-state index is 12.7. The summed E-state index contributed by atoms with van der Waals surface area (Å²) in [6.45, 7) is -2.93. The van der Waals surface area contributed by atoms with Gasteiger partial charge in [-0.15, -0.1) is 0 Å². The number of ether oxygens (including phenoxy) is 3. The maximum absolute atomic E-state index is 12.7. The van der Waals surface area contributed by atoms with Crippen LogP contribution in [0, 0.1) is 0 Å². The van der Waals surface area contributed by atoms with Crippen LogP contribution < -0.4 is 30.2 Å². The summed E-state index contributed by atoms with van der Waals surface area (Å²) >= 11 is 0. The van der Waals surface area contributed by atoms with Crippen molar-refractivity contribution in [3.8, 4) is 17.2 Å². The summed E-state index contributed by atoms with van der Waals surface area (Å²) < 4.78 is 40.4. The highest BCUT2D eigenvalue weighted by atomic mass is 19.3. The fraction of sp³-hybridized carbons (Fsp3) is 0.278. The number of halogens is 2. The van der Waals surface area contributed by atoms with Gasteiger partial charge in [0.2, 0.25) is 12.7 Å². The number of aromatic nitrogens is 1. The van der Waals surface area contributed by atoms with E-state index in [9.17, 15) is 13.6 Å². The number of nitrogens with zero attached hydrogens (tertiary/aromatic N) is 2. The monoisotopic (exact) mass is 407 g/mol. The number of nitrogens with one attached hydrogen (secondary N) is 3. The molecule has 2 heterocycles. The molecule has 1 aliphatic heterocycles. The molecular weight excluding hydrogens is 388 g/mol. The standard InChI is InChI=1S/C18H19F2N5O4/c1-21-18(24-9-16(26)25-12-3-2-4-22-8-12)23-7-11-5-14-15(28-10-27-14)6-13(11)29-17(19)20/h2-6,8,17H,7,9-10H2,1H3,(H,25,26)(H2,21,23,24). The average Bonchev–Trinajstić information content (AvgIpc) is 3.15. The number of benzene rings is 1. The zero-order valence-electron chi connectivity index (χ0n) is 15.4. The van der Waals surface area contributed by atoms with E-state index >= 15 is 0 Å². The summed E-state index contributed by atoms with van der Waals surface area (Å²) in [6, 6.07) is 6.31. The van der Waals surface area contributed by atoms with Gasteiger partial charge in [-0.05, 0) is 18.2 Å². The first-order valence-electron chi connectivity index (χ1n) is 8.57. The van der Waals surface area contributed by atoms with Gasteiger partial charge < -0.3 is 30.2 Å². The van der Waals surface area contributed by atoms with Crippen LogP contribution in [0.3, 0.4) is 0 Å². The number of carbonyl (C=O) groups excluding carboxylic acids is 1. The van der Waals surface area contributed by atoms with Gasteiger partial charge in [0.15, 0.2) is 17.5 Å². The number of carbonyl (C=O) groups is 1. The van der Waals surface area contributed by atoms with Gasteiger partial charge in [0.25, 0.3) is 0 Å². The zero-order chi connectivity index (χ0) is 20.6. The summed E-state index contributed by atoms with van der Waals surface area (Å²) in [5, 5.41) is 8.44. The van der Waals surface area contributed by atoms with Gasteiger partial charge in [-0.3, -0.25) is 14.8 Å². The van der Waals surface area contributed by atoms with Crippen molar-refractivity contribution in [3.05, 3.63) is 42.2 Å². The van der Waals surface area contributed by atoms with Crippen molar-refractivity contribution in [2.24, 2.45) is 4.99 Å². The van der Waals surface area contributed by atoms with Crippen molar-refractivity contribution in [2.45, 2.75) is 13.2 Å². The predicted octanol–water partition coefficient (Wildman–Crippen LogP) is 1.72. The van der Waals surface area contributed by atoms with Gasteiger partial charge in [-0.25, -0.2) is 0 Å². The van der Waals surface area contributed by atoms with E-state index in [0.717, 1.165) is 0 Å². The second-order valence-corrected chi connectivity index (χ2v) is 5.76. The molecule has 0 saturated heterocycles. The summed E-state index contributed by atoms with van der Waals surface area (Å²) in [7, 11) is 1.52. The van der Waals surface area contributed by atoms with Crippen molar-refractivity contribution in [2.75, 3.05) is 25.7 Å². The number of hydrogen-bond acceptors (Lipinski definition) is 6. The third kappa shape index (κ3) is 5.67. The van der Waals surface area contributed by atoms with Crippen LogP contribution in [-0.2, 0) is 11.3 Å². The number of fused-ring (bicyclic) bond motifs is 1. The summed E-state index contributed by atoms with van der Waals surface area (Å²) in [5.41, 5.74) is 0.980. The molecule has 0 saturated carbocycles. The lowest BCUT2D eigenvalue weighted by Gasteiger charge is -2.15. The highest BCUT2D eigenvalue weighted by Crippen LogP contribution is 2.38. The highest BCUT2D eigenvalue weighted by molar-refractivity contribution is 5.94. The van der Waals surface area contributed by atoms with Crippen LogP contribution in [-0.4, -0.2) is 43.8 Å². The first-order valence-corrected chi connectivity index (χ1v) is 8.57. The number of rotatable bonds is 7. The molecule has 3 rings (SSSR count). The van der Waals surface area contributed by atoms with Crippen LogP contribution in [0.1, 0.15) is 5.56 Å². The summed E-state index contributed by atoms with van der Waals surface area (Å²) in [5.74, 6) is 0.723. The molecule has 0 aliphatic carbocycles. The van der Waals surface area contributed by atoms with Gasteiger partial charge in [0.1, 0.15) is 5.75 Å². The fourth-order valence-corrected chi connectivity index (χ4v) is 2.51. The Balaban J connectivity index is 1.57. The van der Waals surface area contributed by atoms with E-state index in [2.05, 4.69) is 30.7 Å². The van der Waals surface area contributed by atoms with Gasteiger partial charge in [-0.2, -0.15) is 8.78 Å². The third-order valence-corrected chi connectivity index (χ3v) is 3.80. The van der Waals surface area contributed by atoms with Crippen LogP contribution in [0.5, 0.6) is 17.2 Å². The average molecular weight is 407 g/mol. The molecule has 0 spiro atoms. The van der Waals surface area contributed by atoms with Crippen LogP contribution in [0.15, 0.2) is 41.7 Å². The molecule has 0 radical (unpaired) electrons. The first kappa shape index (κ1) is 20.1. The van der Waals surface area contributed by atoms with E-state index in [1.165, 1.54) is 19.3 Å². The second-order valence-electron chi connectivity index (χ2n) is 5.76. The Bertz CT molecular complexity index is 880. The molecule has 2 aromatic rings. The SMILES string of the molecule is CN=C(NCC(=O)Nc1cccnc1)NCc1cc2c(cc1OC(F)F)OCO2. The molecule has 3 N–H and O–H groups in total. The molecule has 0 fully saturated rings. The normalized spacial score (nSPS) is 12.6. The van der Waals surface area contributed by atoms with Crippen LogP contribution in [0.2, 0.25) is 0 Å². The lowest BCUT2D eigenvalue weighted by atomic mass is 10.1. The molecule has 0 bridgehead atoms. The van der Waals surface area contributed by atoms with Crippen molar-refractivity contribution in [3.63, 3.8) is 0 Å². The smallest absolute Gasteiger partial charge is 0.387 e. The number of anilines is 1. The Morgan fingerprint density at radius 1 is 1.31 bits per heavy atom. The number of amides is 1. The molecule has 0 atom stereocenters. The van der Waals surface area contributed by atoms with E-state index in [4.69, 9.17) is 9.47 Å². The predicted molar refractivity (Wildman–Crippen MR) is 100 cm³/mol. The minimum atomic E-state index is -2.98. The molecule has 1 aliphatic rings. The third-order valence-electron chi connectivity index (χ3n) is 3.80. The zero-order valence-corrected chi connectivity index (χ0v) is 15.4. The van der Waals surface area contributed by atoms with E-state index in [0.29, 0.717) is 28.7 Å². The summed E-state index contributed by atoms with van der Waals surface area (Å²) in [4.78, 5) is 19.9. The number of hydrogen-bond donors (Lipinski definition) is 3. The molecule has 29 heavy (non-hydrogen) atoms. The summed E-state index contributed by atoms with van der Waals surface area (Å²) in [6.07, 6.45) is 3.12. The van der Waals surface area contributed by atoms with Gasteiger partial charge in [0.05, 0.1) is 18.4 Å². The Morgan fingerprint density at radius 3 is 2.79 bits per heavy atom. The second kappa shape index (κ2) is 9.53. The molecule has 154 valence electrons. The van der Waals surface area contributed by atoms with Crippen LogP contribution >= 0.6 is 0 Å². The molecule has 1 aromatic heterocycles. The largest absolute Gasteiger partial charge is 0.454 e. The number of pyridine rings is 1. The minimum absolute atomic E-state index is 0.00953. The van der Waals surface area contributed by atoms with Gasteiger partial charge in [0, 0.05) is 31.4 Å². The molecule has 0 unspecified atom stereocenters. The lowest BCUT2D eigenvalue weighted by Crippen LogP contribution is -2.41. The Hall–Kier alpha value is -3.63. The maximum Gasteiger partial charge on any atom is 0.387 e. The molecule has 9 nitrogen and oxygen atoms in total. The Morgan fingerprint density at radius 2 is 2.10 bits per heavy atom. The first-order chi connectivity index (χ1) is 14.0. The molecule has 1 amide bonds. The fourth-order valence-electron chi connectivity index (χ4n) is 2.51. The molecular formula is C18H19F2N5O4. The Labute approximate surface area is 165 Å². The number of aliphatic imine (C=N–C) groups is 1. The van der Waals surface area contributed by atoms with Gasteiger partial charge >= 0.3 is 6.61 Å². The quantitative estimate of drug-likeness (QED) is 0.474. The van der Waals surface area contributed by atoms with E-state index in [1.54, 1.807) is 24.4 Å². The minimum Gasteiger partial charge on any atom is -0.454 e. The number of guanidine groups is 1. The topological polar surface area (TPSA) is 106 Å².